The maximum absolute atomic E-state index is 12.8. The first-order valence-corrected chi connectivity index (χ1v) is 9.32. The average molecular weight is 358 g/mol. The Labute approximate surface area is 147 Å². The first kappa shape index (κ1) is 16.7. The molecule has 0 atom stereocenters. The lowest BCUT2D eigenvalue weighted by atomic mass is 10.1. The van der Waals surface area contributed by atoms with E-state index < -0.39 is 10.0 Å². The lowest BCUT2D eigenvalue weighted by molar-refractivity contribution is 0.602. The van der Waals surface area contributed by atoms with Crippen LogP contribution in [0, 0.1) is 0 Å². The lowest BCUT2D eigenvalue weighted by Crippen LogP contribution is -2.14. The van der Waals surface area contributed by atoms with E-state index in [2.05, 4.69) is 17.4 Å². The highest BCUT2D eigenvalue weighted by Crippen LogP contribution is 2.31. The minimum atomic E-state index is -3.69. The summed E-state index contributed by atoms with van der Waals surface area (Å²) >= 11 is 4.21. The molecule has 0 amide bonds. The van der Waals surface area contributed by atoms with Crippen LogP contribution in [0.15, 0.2) is 70.5 Å². The zero-order chi connectivity index (χ0) is 17.3. The van der Waals surface area contributed by atoms with Gasteiger partial charge in [0.15, 0.2) is 0 Å². The SMILES string of the molecule is CN(C)c1cccc2c(S(=O)(=O)Nc3ccc(S)cc3)cccc12. The molecular formula is C18H18N2O2S2. The number of fused-ring (bicyclic) bond motifs is 1. The summed E-state index contributed by atoms with van der Waals surface area (Å²) in [5.74, 6) is 0. The van der Waals surface area contributed by atoms with Crippen molar-refractivity contribution in [2.24, 2.45) is 0 Å². The third kappa shape index (κ3) is 3.20. The predicted molar refractivity (Wildman–Crippen MR) is 103 cm³/mol. The van der Waals surface area contributed by atoms with Crippen LogP contribution in [0.4, 0.5) is 11.4 Å². The number of thiol groups is 1. The molecule has 0 saturated carbocycles. The zero-order valence-electron chi connectivity index (χ0n) is 13.4. The van der Waals surface area contributed by atoms with Gasteiger partial charge in [-0.15, -0.1) is 12.6 Å². The van der Waals surface area contributed by atoms with Crippen LogP contribution in [0.5, 0.6) is 0 Å². The largest absolute Gasteiger partial charge is 0.377 e. The molecule has 0 fully saturated rings. The molecule has 0 spiro atoms. The quantitative estimate of drug-likeness (QED) is 0.693. The summed E-state index contributed by atoms with van der Waals surface area (Å²) < 4.78 is 28.3. The van der Waals surface area contributed by atoms with Crippen molar-refractivity contribution < 1.29 is 8.42 Å². The van der Waals surface area contributed by atoms with E-state index in [0.29, 0.717) is 11.1 Å². The van der Waals surface area contributed by atoms with Gasteiger partial charge in [0.05, 0.1) is 4.90 Å². The molecular weight excluding hydrogens is 340 g/mol. The Morgan fingerprint density at radius 2 is 1.50 bits per heavy atom. The number of benzene rings is 3. The molecule has 0 radical (unpaired) electrons. The third-order valence-electron chi connectivity index (χ3n) is 3.75. The van der Waals surface area contributed by atoms with Crippen molar-refractivity contribution in [3.05, 3.63) is 60.7 Å². The molecule has 3 aromatic carbocycles. The van der Waals surface area contributed by atoms with E-state index in [9.17, 15) is 8.42 Å². The molecule has 0 bridgehead atoms. The topological polar surface area (TPSA) is 49.4 Å². The van der Waals surface area contributed by atoms with Crippen molar-refractivity contribution in [2.45, 2.75) is 9.79 Å². The summed E-state index contributed by atoms with van der Waals surface area (Å²) in [7, 11) is 0.187. The fourth-order valence-corrected chi connectivity index (χ4v) is 4.06. The molecule has 0 aromatic heterocycles. The highest BCUT2D eigenvalue weighted by molar-refractivity contribution is 7.93. The van der Waals surface area contributed by atoms with Gasteiger partial charge in [0.25, 0.3) is 10.0 Å². The number of rotatable bonds is 4. The number of nitrogens with zero attached hydrogens (tertiary/aromatic N) is 1. The predicted octanol–water partition coefficient (Wildman–Crippen LogP) is 4.00. The number of nitrogens with one attached hydrogen (secondary N) is 1. The van der Waals surface area contributed by atoms with Gasteiger partial charge < -0.3 is 4.90 Å². The van der Waals surface area contributed by atoms with Gasteiger partial charge in [-0.05, 0) is 36.4 Å². The summed E-state index contributed by atoms with van der Waals surface area (Å²) in [6, 6.07) is 17.9. The van der Waals surface area contributed by atoms with Gasteiger partial charge in [-0.2, -0.15) is 0 Å². The lowest BCUT2D eigenvalue weighted by Gasteiger charge is -2.17. The van der Waals surface area contributed by atoms with Crippen molar-refractivity contribution >= 4 is 44.8 Å². The number of anilines is 2. The second kappa shape index (κ2) is 6.37. The fraction of sp³-hybridized carbons (Fsp3) is 0.111. The molecule has 24 heavy (non-hydrogen) atoms. The number of hydrogen-bond acceptors (Lipinski definition) is 4. The molecule has 0 aliphatic carbocycles. The van der Waals surface area contributed by atoms with Gasteiger partial charge in [-0.3, -0.25) is 4.72 Å². The van der Waals surface area contributed by atoms with Crippen LogP contribution in [-0.2, 0) is 10.0 Å². The first-order valence-electron chi connectivity index (χ1n) is 7.39. The van der Waals surface area contributed by atoms with E-state index in [1.165, 1.54) is 0 Å². The standard InChI is InChI=1S/C18H18N2O2S2/c1-20(2)17-7-3-6-16-15(17)5-4-8-18(16)24(21,22)19-13-9-11-14(23)12-10-13/h3-12,19,23H,1-2H3. The molecule has 0 aliphatic heterocycles. The molecule has 3 rings (SSSR count). The molecule has 0 unspecified atom stereocenters. The normalized spacial score (nSPS) is 11.5. The highest BCUT2D eigenvalue weighted by Gasteiger charge is 2.18. The van der Waals surface area contributed by atoms with Crippen LogP contribution in [0.2, 0.25) is 0 Å². The second-order valence-corrected chi connectivity index (χ2v) is 7.84. The van der Waals surface area contributed by atoms with E-state index in [1.54, 1.807) is 36.4 Å². The van der Waals surface area contributed by atoms with Crippen molar-refractivity contribution in [3.8, 4) is 0 Å². The first-order chi connectivity index (χ1) is 11.4. The van der Waals surface area contributed by atoms with Crippen LogP contribution < -0.4 is 9.62 Å². The van der Waals surface area contributed by atoms with Crippen LogP contribution in [0.1, 0.15) is 0 Å². The van der Waals surface area contributed by atoms with Gasteiger partial charge in [0, 0.05) is 41.1 Å². The van der Waals surface area contributed by atoms with Crippen molar-refractivity contribution in [1.82, 2.24) is 0 Å². The van der Waals surface area contributed by atoms with Gasteiger partial charge >= 0.3 is 0 Å². The van der Waals surface area contributed by atoms with Crippen LogP contribution in [0.25, 0.3) is 10.8 Å². The Kier molecular flexibility index (Phi) is 4.43. The summed E-state index contributed by atoms with van der Waals surface area (Å²) in [5, 5.41) is 1.60. The molecule has 6 heteroatoms. The fourth-order valence-electron chi connectivity index (χ4n) is 2.63. The molecule has 124 valence electrons. The highest BCUT2D eigenvalue weighted by atomic mass is 32.2. The van der Waals surface area contributed by atoms with E-state index in [1.807, 2.05) is 43.3 Å². The minimum Gasteiger partial charge on any atom is -0.377 e. The smallest absolute Gasteiger partial charge is 0.262 e. The molecule has 4 nitrogen and oxygen atoms in total. The Morgan fingerprint density at radius 3 is 2.17 bits per heavy atom. The third-order valence-corrected chi connectivity index (χ3v) is 5.49. The van der Waals surface area contributed by atoms with Gasteiger partial charge in [0.1, 0.15) is 0 Å². The number of sulfonamides is 1. The summed E-state index contributed by atoms with van der Waals surface area (Å²) in [6.07, 6.45) is 0. The molecule has 1 N–H and O–H groups in total. The van der Waals surface area contributed by atoms with Crippen molar-refractivity contribution in [1.29, 1.82) is 0 Å². The minimum absolute atomic E-state index is 0.263. The molecule has 3 aromatic rings. The van der Waals surface area contributed by atoms with Crippen LogP contribution >= 0.6 is 12.6 Å². The van der Waals surface area contributed by atoms with Gasteiger partial charge in [-0.25, -0.2) is 8.42 Å². The molecule has 0 heterocycles. The maximum atomic E-state index is 12.8. The van der Waals surface area contributed by atoms with Crippen molar-refractivity contribution in [3.63, 3.8) is 0 Å². The Hall–Kier alpha value is -2.18. The Balaban J connectivity index is 2.11. The van der Waals surface area contributed by atoms with Crippen LogP contribution in [0.3, 0.4) is 0 Å². The van der Waals surface area contributed by atoms with E-state index in [0.717, 1.165) is 16.0 Å². The summed E-state index contributed by atoms with van der Waals surface area (Å²) in [6.45, 7) is 0. The summed E-state index contributed by atoms with van der Waals surface area (Å²) in [5.41, 5.74) is 1.48. The number of hydrogen-bond donors (Lipinski definition) is 2. The van der Waals surface area contributed by atoms with E-state index in [-0.39, 0.29) is 4.90 Å². The average Bonchev–Trinajstić information content (AvgIpc) is 2.55. The van der Waals surface area contributed by atoms with E-state index in [4.69, 9.17) is 0 Å². The Bertz CT molecular complexity index is 982. The van der Waals surface area contributed by atoms with Gasteiger partial charge in [-0.1, -0.05) is 24.3 Å². The molecule has 0 saturated heterocycles. The zero-order valence-corrected chi connectivity index (χ0v) is 15.1. The van der Waals surface area contributed by atoms with E-state index >= 15 is 0 Å². The van der Waals surface area contributed by atoms with Gasteiger partial charge in [0.2, 0.25) is 0 Å². The summed E-state index contributed by atoms with van der Waals surface area (Å²) in [4.78, 5) is 3.01. The van der Waals surface area contributed by atoms with Crippen molar-refractivity contribution in [2.75, 3.05) is 23.7 Å². The Morgan fingerprint density at radius 1 is 0.875 bits per heavy atom. The maximum Gasteiger partial charge on any atom is 0.262 e. The monoisotopic (exact) mass is 358 g/mol. The second-order valence-electron chi connectivity index (χ2n) is 5.68. The molecule has 0 aliphatic rings. The van der Waals surface area contributed by atoms with Crippen LogP contribution in [-0.4, -0.2) is 22.5 Å².